The summed E-state index contributed by atoms with van der Waals surface area (Å²) in [5.41, 5.74) is -0.0666. The van der Waals surface area contributed by atoms with Crippen LogP contribution in [0.25, 0.3) is 5.82 Å². The maximum Gasteiger partial charge on any atom is 0.417 e. The molecular formula is C26H27F6N7O. The van der Waals surface area contributed by atoms with Gasteiger partial charge in [-0.1, -0.05) is 0 Å². The Morgan fingerprint density at radius 1 is 0.900 bits per heavy atom. The van der Waals surface area contributed by atoms with E-state index in [2.05, 4.69) is 20.0 Å². The fourth-order valence-electron chi connectivity index (χ4n) is 5.19. The van der Waals surface area contributed by atoms with Crippen LogP contribution in [0.15, 0.2) is 42.9 Å². The minimum absolute atomic E-state index is 0.0503. The average Bonchev–Trinajstić information content (AvgIpc) is 3.33. The Balaban J connectivity index is 1.20. The Hall–Kier alpha value is -3.68. The quantitative estimate of drug-likeness (QED) is 0.441. The zero-order chi connectivity index (χ0) is 28.8. The lowest BCUT2D eigenvalue weighted by Crippen LogP contribution is -2.59. The number of alkyl halides is 6. The molecule has 2 atom stereocenters. The summed E-state index contributed by atoms with van der Waals surface area (Å²) < 4.78 is 78.6. The molecule has 0 saturated carbocycles. The van der Waals surface area contributed by atoms with E-state index < -0.39 is 23.5 Å². The second kappa shape index (κ2) is 10.4. The summed E-state index contributed by atoms with van der Waals surface area (Å²) in [7, 11) is 0. The van der Waals surface area contributed by atoms with E-state index >= 15 is 0 Å². The van der Waals surface area contributed by atoms with Crippen molar-refractivity contribution in [2.75, 3.05) is 31.1 Å². The van der Waals surface area contributed by atoms with E-state index in [1.165, 1.54) is 16.8 Å². The molecule has 0 radical (unpaired) electrons. The van der Waals surface area contributed by atoms with Gasteiger partial charge in [0.05, 0.1) is 23.4 Å². The van der Waals surface area contributed by atoms with Crippen LogP contribution in [-0.2, 0) is 30.1 Å². The van der Waals surface area contributed by atoms with Gasteiger partial charge in [-0.15, -0.1) is 0 Å². The predicted octanol–water partition coefficient (Wildman–Crippen LogP) is 4.18. The largest absolute Gasteiger partial charge is 0.417 e. The molecule has 3 aromatic rings. The highest BCUT2D eigenvalue weighted by atomic mass is 19.4. The van der Waals surface area contributed by atoms with Crippen LogP contribution in [0.3, 0.4) is 0 Å². The van der Waals surface area contributed by atoms with Crippen LogP contribution in [0.5, 0.6) is 0 Å². The molecule has 1 fully saturated rings. The number of amides is 1. The van der Waals surface area contributed by atoms with Gasteiger partial charge >= 0.3 is 12.4 Å². The first kappa shape index (κ1) is 27.9. The standard InChI is InChI=1S/C26H27F6N7O/c1-16-11-37(22-5-3-19(9-33-22)25(27,28)29)12-17(2)38(16)15-24(40)36-8-7-21-18(13-36)14-39(35-21)23-6-4-20(10-34-23)26(30,31)32/h3-6,9-10,14,16-17H,7-8,11-13,15H2,1-2H3. The molecule has 0 spiro atoms. The molecule has 2 aliphatic rings. The van der Waals surface area contributed by atoms with Crippen molar-refractivity contribution in [1.82, 2.24) is 29.5 Å². The summed E-state index contributed by atoms with van der Waals surface area (Å²) in [6.07, 6.45) is -5.13. The fraction of sp³-hybridized carbons (Fsp3) is 0.462. The number of piperazine rings is 1. The van der Waals surface area contributed by atoms with Gasteiger partial charge in [-0.25, -0.2) is 14.6 Å². The molecule has 0 aliphatic carbocycles. The molecule has 14 heteroatoms. The molecule has 1 saturated heterocycles. The molecule has 1 amide bonds. The Kier molecular flexibility index (Phi) is 7.23. The number of fused-ring (bicyclic) bond motifs is 1. The Morgan fingerprint density at radius 2 is 1.48 bits per heavy atom. The monoisotopic (exact) mass is 567 g/mol. The topological polar surface area (TPSA) is 70.4 Å². The van der Waals surface area contributed by atoms with Gasteiger partial charge < -0.3 is 9.80 Å². The summed E-state index contributed by atoms with van der Waals surface area (Å²) in [5, 5.41) is 4.45. The summed E-state index contributed by atoms with van der Waals surface area (Å²) in [4.78, 5) is 26.9. The maximum absolute atomic E-state index is 13.3. The van der Waals surface area contributed by atoms with E-state index in [4.69, 9.17) is 0 Å². The molecule has 2 unspecified atom stereocenters. The van der Waals surface area contributed by atoms with E-state index in [9.17, 15) is 31.1 Å². The number of aromatic nitrogens is 4. The number of pyridine rings is 2. The lowest BCUT2D eigenvalue weighted by atomic mass is 10.1. The fourth-order valence-corrected chi connectivity index (χ4v) is 5.19. The van der Waals surface area contributed by atoms with Gasteiger partial charge in [0.2, 0.25) is 5.91 Å². The van der Waals surface area contributed by atoms with E-state index in [-0.39, 0.29) is 30.4 Å². The third-order valence-electron chi connectivity index (χ3n) is 7.34. The van der Waals surface area contributed by atoms with Crippen molar-refractivity contribution < 1.29 is 31.1 Å². The van der Waals surface area contributed by atoms with Crippen LogP contribution in [0.1, 0.15) is 36.2 Å². The average molecular weight is 568 g/mol. The minimum Gasteiger partial charge on any atom is -0.354 e. The molecule has 40 heavy (non-hydrogen) atoms. The van der Waals surface area contributed by atoms with Crippen molar-refractivity contribution in [3.8, 4) is 5.82 Å². The number of carbonyl (C=O) groups excluding carboxylic acids is 1. The number of hydrogen-bond acceptors (Lipinski definition) is 6. The lowest BCUT2D eigenvalue weighted by molar-refractivity contribution is -0.138. The van der Waals surface area contributed by atoms with Gasteiger partial charge in [0.15, 0.2) is 5.82 Å². The predicted molar refractivity (Wildman–Crippen MR) is 133 cm³/mol. The number of nitrogens with zero attached hydrogens (tertiary/aromatic N) is 7. The van der Waals surface area contributed by atoms with Crippen molar-refractivity contribution in [3.05, 3.63) is 65.2 Å². The van der Waals surface area contributed by atoms with E-state index in [1.807, 2.05) is 18.7 Å². The second-order valence-electron chi connectivity index (χ2n) is 10.2. The van der Waals surface area contributed by atoms with Gasteiger partial charge in [-0.3, -0.25) is 9.69 Å². The molecule has 0 N–H and O–H groups in total. The highest BCUT2D eigenvalue weighted by Gasteiger charge is 2.35. The molecule has 3 aromatic heterocycles. The third-order valence-corrected chi connectivity index (χ3v) is 7.34. The summed E-state index contributed by atoms with van der Waals surface area (Å²) in [6, 6.07) is 4.50. The Labute approximate surface area is 226 Å². The highest BCUT2D eigenvalue weighted by Crippen LogP contribution is 2.31. The highest BCUT2D eigenvalue weighted by molar-refractivity contribution is 5.78. The van der Waals surface area contributed by atoms with Crippen molar-refractivity contribution in [2.45, 2.75) is 51.2 Å². The van der Waals surface area contributed by atoms with E-state index in [0.717, 1.165) is 35.8 Å². The number of anilines is 1. The zero-order valence-corrected chi connectivity index (χ0v) is 21.7. The zero-order valence-electron chi connectivity index (χ0n) is 21.7. The van der Waals surface area contributed by atoms with Gasteiger partial charge in [0.25, 0.3) is 0 Å². The number of carbonyl (C=O) groups is 1. The van der Waals surface area contributed by atoms with Gasteiger partial charge in [-0.05, 0) is 38.1 Å². The normalized spacial score (nSPS) is 20.5. The first-order valence-corrected chi connectivity index (χ1v) is 12.7. The second-order valence-corrected chi connectivity index (χ2v) is 10.2. The van der Waals surface area contributed by atoms with E-state index in [1.54, 1.807) is 11.1 Å². The van der Waals surface area contributed by atoms with Gasteiger partial charge in [-0.2, -0.15) is 31.4 Å². The summed E-state index contributed by atoms with van der Waals surface area (Å²) in [6.45, 7) is 5.92. The van der Waals surface area contributed by atoms with Crippen molar-refractivity contribution >= 4 is 11.7 Å². The third kappa shape index (κ3) is 5.76. The number of hydrogen-bond donors (Lipinski definition) is 0. The van der Waals surface area contributed by atoms with Crippen LogP contribution in [0, 0.1) is 0 Å². The first-order valence-electron chi connectivity index (χ1n) is 12.7. The Bertz CT molecular complexity index is 1340. The van der Waals surface area contributed by atoms with Crippen molar-refractivity contribution in [2.24, 2.45) is 0 Å². The van der Waals surface area contributed by atoms with Gasteiger partial charge in [0.1, 0.15) is 5.82 Å². The maximum atomic E-state index is 13.3. The molecule has 0 aromatic carbocycles. The molecule has 214 valence electrons. The van der Waals surface area contributed by atoms with Crippen LogP contribution < -0.4 is 4.90 Å². The smallest absolute Gasteiger partial charge is 0.354 e. The molecule has 8 nitrogen and oxygen atoms in total. The SMILES string of the molecule is CC1CN(c2ccc(C(F)(F)F)cn2)CC(C)N1CC(=O)N1CCc2nn(-c3ccc(C(F)(F)F)cn3)cc2C1. The van der Waals surface area contributed by atoms with Crippen LogP contribution in [0.2, 0.25) is 0 Å². The molecular weight excluding hydrogens is 540 g/mol. The first-order chi connectivity index (χ1) is 18.8. The summed E-state index contributed by atoms with van der Waals surface area (Å²) >= 11 is 0. The molecule has 0 bridgehead atoms. The van der Waals surface area contributed by atoms with Crippen LogP contribution in [-0.4, -0.2) is 73.7 Å². The number of rotatable bonds is 4. The summed E-state index contributed by atoms with van der Waals surface area (Å²) in [5.74, 6) is 0.648. The Morgan fingerprint density at radius 3 is 2.00 bits per heavy atom. The lowest BCUT2D eigenvalue weighted by Gasteiger charge is -2.45. The molecule has 5 heterocycles. The number of halogens is 6. The van der Waals surface area contributed by atoms with Crippen LogP contribution in [0.4, 0.5) is 32.2 Å². The molecule has 2 aliphatic heterocycles. The minimum atomic E-state index is -4.48. The van der Waals surface area contributed by atoms with Gasteiger partial charge in [0, 0.05) is 68.8 Å². The van der Waals surface area contributed by atoms with Crippen LogP contribution >= 0.6 is 0 Å². The van der Waals surface area contributed by atoms with Crippen molar-refractivity contribution in [3.63, 3.8) is 0 Å². The molecule has 5 rings (SSSR count). The van der Waals surface area contributed by atoms with E-state index in [0.29, 0.717) is 38.4 Å². The van der Waals surface area contributed by atoms with Crippen molar-refractivity contribution in [1.29, 1.82) is 0 Å².